The number of hydrogen-bond acceptors (Lipinski definition) is 1. The highest BCUT2D eigenvalue weighted by atomic mass is 19.1. The van der Waals surface area contributed by atoms with Gasteiger partial charge in [-0.05, 0) is 51.0 Å². The zero-order chi connectivity index (χ0) is 11.0. The number of hydrogen-bond donors (Lipinski definition) is 0. The van der Waals surface area contributed by atoms with Crippen LogP contribution in [0.4, 0.5) is 4.39 Å². The summed E-state index contributed by atoms with van der Waals surface area (Å²) in [5.74, 6) is 0.529. The first kappa shape index (κ1) is 10.7. The maximum atomic E-state index is 13.1. The van der Waals surface area contributed by atoms with Gasteiger partial charge in [0, 0.05) is 12.7 Å². The summed E-state index contributed by atoms with van der Waals surface area (Å²) in [6.45, 7) is 4.14. The number of aryl methyl sites for hydroxylation is 2. The maximum absolute atomic E-state index is 13.1. The van der Waals surface area contributed by atoms with Crippen molar-refractivity contribution in [3.8, 4) is 0 Å². The van der Waals surface area contributed by atoms with Crippen LogP contribution in [0.25, 0.3) is 0 Å². The lowest BCUT2D eigenvalue weighted by Gasteiger charge is -2.08. The van der Waals surface area contributed by atoms with Crippen molar-refractivity contribution in [1.82, 2.24) is 9.78 Å². The number of aromatic nitrogens is 2. The Balaban J connectivity index is 2.10. The van der Waals surface area contributed by atoms with Gasteiger partial charge in [0.25, 0.3) is 0 Å². The number of rotatable bonds is 2. The third-order valence-corrected chi connectivity index (χ3v) is 3.63. The van der Waals surface area contributed by atoms with Crippen LogP contribution in [0.2, 0.25) is 0 Å². The average Bonchev–Trinajstić information content (AvgIpc) is 2.67. The molecule has 1 aliphatic rings. The number of nitrogens with zero attached hydrogens (tertiary/aromatic N) is 2. The topological polar surface area (TPSA) is 17.8 Å². The van der Waals surface area contributed by atoms with Crippen molar-refractivity contribution in [1.29, 1.82) is 0 Å². The van der Waals surface area contributed by atoms with E-state index in [1.54, 1.807) is 0 Å². The first-order valence-electron chi connectivity index (χ1n) is 5.71. The zero-order valence-corrected chi connectivity index (χ0v) is 9.76. The Hall–Kier alpha value is -0.860. The predicted octanol–water partition coefficient (Wildman–Crippen LogP) is 2.72. The van der Waals surface area contributed by atoms with Crippen molar-refractivity contribution >= 4 is 0 Å². The number of alkyl halides is 1. The van der Waals surface area contributed by atoms with E-state index < -0.39 is 6.17 Å². The van der Waals surface area contributed by atoms with Crippen LogP contribution in [0.5, 0.6) is 0 Å². The molecule has 15 heavy (non-hydrogen) atoms. The van der Waals surface area contributed by atoms with E-state index in [1.807, 2.05) is 18.7 Å². The maximum Gasteiger partial charge on any atom is 0.100 e. The Kier molecular flexibility index (Phi) is 2.81. The molecular weight excluding hydrogens is 191 g/mol. The van der Waals surface area contributed by atoms with Crippen molar-refractivity contribution < 1.29 is 4.39 Å². The van der Waals surface area contributed by atoms with E-state index >= 15 is 0 Å². The van der Waals surface area contributed by atoms with Crippen LogP contribution < -0.4 is 0 Å². The molecule has 0 unspecified atom stereocenters. The third kappa shape index (κ3) is 2.06. The van der Waals surface area contributed by atoms with Gasteiger partial charge in [-0.1, -0.05) is 0 Å². The molecule has 84 valence electrons. The van der Waals surface area contributed by atoms with Crippen LogP contribution in [-0.4, -0.2) is 16.0 Å². The van der Waals surface area contributed by atoms with Crippen LogP contribution in [0.15, 0.2) is 0 Å². The molecule has 0 aromatic carbocycles. The Bertz CT molecular complexity index is 357. The highest BCUT2D eigenvalue weighted by molar-refractivity contribution is 5.25. The van der Waals surface area contributed by atoms with Crippen molar-refractivity contribution in [2.75, 3.05) is 0 Å². The summed E-state index contributed by atoms with van der Waals surface area (Å²) in [7, 11) is 1.97. The second-order valence-corrected chi connectivity index (χ2v) is 4.75. The van der Waals surface area contributed by atoms with Crippen molar-refractivity contribution in [2.24, 2.45) is 13.0 Å². The molecule has 0 aliphatic heterocycles. The highest BCUT2D eigenvalue weighted by Gasteiger charge is 2.25. The van der Waals surface area contributed by atoms with E-state index in [1.165, 1.54) is 11.3 Å². The molecule has 1 aliphatic carbocycles. The molecule has 2 nitrogen and oxygen atoms in total. The van der Waals surface area contributed by atoms with Gasteiger partial charge in [0.05, 0.1) is 5.69 Å². The standard InChI is InChI=1S/C12H19FN2/c1-8-12(9(2)15(3)14-8)7-10-4-5-11(13)6-10/h10-11H,4-7H2,1-3H3/t10-,11+/m1/s1. The summed E-state index contributed by atoms with van der Waals surface area (Å²) in [4.78, 5) is 0. The van der Waals surface area contributed by atoms with Crippen LogP contribution in [-0.2, 0) is 13.5 Å². The van der Waals surface area contributed by atoms with Crippen LogP contribution in [0, 0.1) is 19.8 Å². The molecule has 1 heterocycles. The SMILES string of the molecule is Cc1nn(C)c(C)c1C[C@@H]1CC[C@H](F)C1. The monoisotopic (exact) mass is 210 g/mol. The Morgan fingerprint density at radius 3 is 2.60 bits per heavy atom. The molecule has 1 fully saturated rings. The summed E-state index contributed by atoms with van der Waals surface area (Å²) < 4.78 is 15.0. The Morgan fingerprint density at radius 2 is 2.13 bits per heavy atom. The smallest absolute Gasteiger partial charge is 0.100 e. The minimum atomic E-state index is -0.563. The molecule has 1 aromatic rings. The van der Waals surface area contributed by atoms with Gasteiger partial charge >= 0.3 is 0 Å². The summed E-state index contributed by atoms with van der Waals surface area (Å²) in [5.41, 5.74) is 3.67. The third-order valence-electron chi connectivity index (χ3n) is 3.63. The van der Waals surface area contributed by atoms with E-state index in [0.717, 1.165) is 31.4 Å². The quantitative estimate of drug-likeness (QED) is 0.734. The molecule has 0 radical (unpaired) electrons. The largest absolute Gasteiger partial charge is 0.272 e. The van der Waals surface area contributed by atoms with Gasteiger partial charge in [0.2, 0.25) is 0 Å². The van der Waals surface area contributed by atoms with Crippen LogP contribution in [0.1, 0.15) is 36.2 Å². The summed E-state index contributed by atoms with van der Waals surface area (Å²) in [5, 5.41) is 4.39. The van der Waals surface area contributed by atoms with Gasteiger partial charge < -0.3 is 0 Å². The molecule has 0 amide bonds. The van der Waals surface area contributed by atoms with Crippen LogP contribution >= 0.6 is 0 Å². The van der Waals surface area contributed by atoms with Gasteiger partial charge in [-0.3, -0.25) is 4.68 Å². The minimum Gasteiger partial charge on any atom is -0.272 e. The molecule has 3 heteroatoms. The average molecular weight is 210 g/mol. The molecule has 2 rings (SSSR count). The van der Waals surface area contributed by atoms with Gasteiger partial charge in [0.15, 0.2) is 0 Å². The summed E-state index contributed by atoms with van der Waals surface area (Å²) in [6, 6.07) is 0. The van der Waals surface area contributed by atoms with Gasteiger partial charge in [-0.25, -0.2) is 4.39 Å². The Morgan fingerprint density at radius 1 is 1.40 bits per heavy atom. The van der Waals surface area contributed by atoms with E-state index in [4.69, 9.17) is 0 Å². The highest BCUT2D eigenvalue weighted by Crippen LogP contribution is 2.31. The lowest BCUT2D eigenvalue weighted by molar-refractivity contribution is 0.330. The minimum absolute atomic E-state index is 0.529. The normalized spacial score (nSPS) is 26.1. The second-order valence-electron chi connectivity index (χ2n) is 4.75. The number of halogens is 1. The van der Waals surface area contributed by atoms with Crippen molar-refractivity contribution in [2.45, 2.75) is 45.7 Å². The van der Waals surface area contributed by atoms with Crippen molar-refractivity contribution in [3.05, 3.63) is 17.0 Å². The predicted molar refractivity (Wildman–Crippen MR) is 58.6 cm³/mol. The van der Waals surface area contributed by atoms with Gasteiger partial charge in [0.1, 0.15) is 6.17 Å². The molecule has 2 atom stereocenters. The first-order chi connectivity index (χ1) is 7.08. The van der Waals surface area contributed by atoms with Crippen LogP contribution in [0.3, 0.4) is 0 Å². The molecule has 0 N–H and O–H groups in total. The fraction of sp³-hybridized carbons (Fsp3) is 0.750. The van der Waals surface area contributed by atoms with Gasteiger partial charge in [-0.15, -0.1) is 0 Å². The van der Waals surface area contributed by atoms with Gasteiger partial charge in [-0.2, -0.15) is 5.10 Å². The molecular formula is C12H19FN2. The summed E-state index contributed by atoms with van der Waals surface area (Å²) >= 11 is 0. The lowest BCUT2D eigenvalue weighted by Crippen LogP contribution is -2.03. The fourth-order valence-electron chi connectivity index (χ4n) is 2.60. The summed E-state index contributed by atoms with van der Waals surface area (Å²) in [6.07, 6.45) is 2.98. The molecule has 0 bridgehead atoms. The zero-order valence-electron chi connectivity index (χ0n) is 9.76. The lowest BCUT2D eigenvalue weighted by atomic mass is 9.97. The first-order valence-corrected chi connectivity index (χ1v) is 5.71. The van der Waals surface area contributed by atoms with Crippen molar-refractivity contribution in [3.63, 3.8) is 0 Å². The Labute approximate surface area is 90.5 Å². The molecule has 1 aromatic heterocycles. The van der Waals surface area contributed by atoms with E-state index in [2.05, 4.69) is 12.0 Å². The van der Waals surface area contributed by atoms with E-state index in [-0.39, 0.29) is 0 Å². The molecule has 1 saturated carbocycles. The fourth-order valence-corrected chi connectivity index (χ4v) is 2.60. The molecule has 0 spiro atoms. The van der Waals surface area contributed by atoms with E-state index in [9.17, 15) is 4.39 Å². The second kappa shape index (κ2) is 3.95. The molecule has 0 saturated heterocycles. The van der Waals surface area contributed by atoms with E-state index in [0.29, 0.717) is 5.92 Å².